The average Bonchev–Trinajstić information content (AvgIpc) is 2.66. The van der Waals surface area contributed by atoms with E-state index in [-0.39, 0.29) is 0 Å². The minimum absolute atomic E-state index is 0.594. The molecule has 0 amide bonds. The van der Waals surface area contributed by atoms with Crippen molar-refractivity contribution in [2.75, 3.05) is 6.61 Å². The fourth-order valence-corrected chi connectivity index (χ4v) is 1.06. The Morgan fingerprint density at radius 2 is 2.44 bits per heavy atom. The van der Waals surface area contributed by atoms with Gasteiger partial charge in [0.2, 0.25) is 0 Å². The molecule has 0 saturated carbocycles. The minimum Gasteiger partial charge on any atom is -0.373 e. The fourth-order valence-electron chi connectivity index (χ4n) is 1.06. The Morgan fingerprint density at radius 3 is 2.78 bits per heavy atom. The van der Waals surface area contributed by atoms with E-state index in [0.29, 0.717) is 6.10 Å². The van der Waals surface area contributed by atoms with Crippen LogP contribution in [0.5, 0.6) is 0 Å². The largest absolute Gasteiger partial charge is 0.373 e. The molecule has 1 radical (unpaired) electrons. The quantitative estimate of drug-likeness (QED) is 0.526. The smallest absolute Gasteiger partial charge is 0.0812 e. The van der Waals surface area contributed by atoms with Gasteiger partial charge in [-0.1, -0.05) is 26.7 Å². The lowest BCUT2D eigenvalue weighted by molar-refractivity contribution is 0.347. The molecular formula is C8H15O. The van der Waals surface area contributed by atoms with Crippen LogP contribution in [0, 0.1) is 12.8 Å². The van der Waals surface area contributed by atoms with E-state index in [2.05, 4.69) is 13.8 Å². The average molecular weight is 127 g/mol. The second-order valence-electron chi connectivity index (χ2n) is 2.75. The van der Waals surface area contributed by atoms with Gasteiger partial charge in [0.1, 0.15) is 0 Å². The lowest BCUT2D eigenvalue weighted by Crippen LogP contribution is -2.00. The third kappa shape index (κ3) is 2.35. The van der Waals surface area contributed by atoms with E-state index in [9.17, 15) is 0 Å². The van der Waals surface area contributed by atoms with Crippen LogP contribution < -0.4 is 0 Å². The molecule has 1 aliphatic rings. The molecule has 0 spiro atoms. The summed E-state index contributed by atoms with van der Waals surface area (Å²) >= 11 is 0. The molecule has 9 heavy (non-hydrogen) atoms. The predicted octanol–water partition coefficient (Wildman–Crippen LogP) is 2.03. The van der Waals surface area contributed by atoms with Gasteiger partial charge in [-0.2, -0.15) is 0 Å². The molecule has 1 aliphatic heterocycles. The van der Waals surface area contributed by atoms with E-state index >= 15 is 0 Å². The Bertz CT molecular complexity index is 72.6. The van der Waals surface area contributed by atoms with Gasteiger partial charge in [-0.05, 0) is 12.3 Å². The summed E-state index contributed by atoms with van der Waals surface area (Å²) in [5.41, 5.74) is 0. The van der Waals surface area contributed by atoms with Crippen LogP contribution >= 0.6 is 0 Å². The van der Waals surface area contributed by atoms with E-state index < -0.39 is 0 Å². The molecule has 0 aromatic carbocycles. The van der Waals surface area contributed by atoms with Gasteiger partial charge in [0.25, 0.3) is 0 Å². The van der Waals surface area contributed by atoms with Gasteiger partial charge in [0, 0.05) is 0 Å². The van der Waals surface area contributed by atoms with Gasteiger partial charge in [-0.3, -0.25) is 0 Å². The van der Waals surface area contributed by atoms with Crippen molar-refractivity contribution < 1.29 is 4.74 Å². The molecule has 2 unspecified atom stereocenters. The van der Waals surface area contributed by atoms with Crippen molar-refractivity contribution in [2.24, 2.45) is 5.92 Å². The Hall–Kier alpha value is -0.0400. The summed E-state index contributed by atoms with van der Waals surface area (Å²) in [4.78, 5) is 0. The zero-order valence-electron chi connectivity index (χ0n) is 6.10. The monoisotopic (exact) mass is 127 g/mol. The summed E-state index contributed by atoms with van der Waals surface area (Å²) in [7, 11) is 0. The van der Waals surface area contributed by atoms with Crippen LogP contribution in [0.4, 0.5) is 0 Å². The Kier molecular flexibility index (Phi) is 2.52. The van der Waals surface area contributed by atoms with Crippen molar-refractivity contribution in [3.63, 3.8) is 0 Å². The summed E-state index contributed by atoms with van der Waals surface area (Å²) < 4.78 is 5.11. The third-order valence-electron chi connectivity index (χ3n) is 1.98. The van der Waals surface area contributed by atoms with Gasteiger partial charge < -0.3 is 4.74 Å². The molecule has 0 aromatic heterocycles. The highest BCUT2D eigenvalue weighted by Crippen LogP contribution is 2.23. The van der Waals surface area contributed by atoms with Crippen LogP contribution in [0.1, 0.15) is 26.2 Å². The molecule has 0 aliphatic carbocycles. The highest BCUT2D eigenvalue weighted by molar-refractivity contribution is 4.73. The molecule has 1 fully saturated rings. The zero-order valence-corrected chi connectivity index (χ0v) is 6.10. The van der Waals surface area contributed by atoms with Crippen molar-refractivity contribution in [2.45, 2.75) is 32.3 Å². The maximum atomic E-state index is 5.11. The number of hydrogen-bond acceptors (Lipinski definition) is 1. The standard InChI is InChI=1S/C8H15O/c1-3-7(4-2)5-8-6-9-8/h7-8H,1,3-6H2,2H3. The Morgan fingerprint density at radius 1 is 1.78 bits per heavy atom. The summed E-state index contributed by atoms with van der Waals surface area (Å²) in [6.07, 6.45) is 4.15. The van der Waals surface area contributed by atoms with Gasteiger partial charge in [-0.15, -0.1) is 0 Å². The van der Waals surface area contributed by atoms with Crippen LogP contribution in [-0.4, -0.2) is 12.7 Å². The molecular weight excluding hydrogens is 112 g/mol. The van der Waals surface area contributed by atoms with Crippen molar-refractivity contribution in [1.29, 1.82) is 0 Å². The highest BCUT2D eigenvalue weighted by Gasteiger charge is 2.24. The first-order valence-corrected chi connectivity index (χ1v) is 3.77. The summed E-state index contributed by atoms with van der Waals surface area (Å²) in [5, 5.41) is 0. The number of rotatable bonds is 4. The first kappa shape index (κ1) is 7.07. The molecule has 0 aromatic rings. The van der Waals surface area contributed by atoms with Gasteiger partial charge in [0.05, 0.1) is 12.7 Å². The molecule has 1 nitrogen and oxygen atoms in total. The van der Waals surface area contributed by atoms with Gasteiger partial charge in [-0.25, -0.2) is 0 Å². The normalized spacial score (nSPS) is 25.0. The fraction of sp³-hybridized carbons (Fsp3) is 0.875. The van der Waals surface area contributed by atoms with E-state index in [1.807, 2.05) is 0 Å². The third-order valence-corrected chi connectivity index (χ3v) is 1.98. The SMILES string of the molecule is [CH2]CC(CC)CC1CO1. The zero-order chi connectivity index (χ0) is 6.69. The summed E-state index contributed by atoms with van der Waals surface area (Å²) in [5.74, 6) is 0.803. The first-order chi connectivity index (χ1) is 4.36. The number of epoxide rings is 1. The van der Waals surface area contributed by atoms with Gasteiger partial charge in [0.15, 0.2) is 0 Å². The van der Waals surface area contributed by atoms with Crippen LogP contribution in [0.15, 0.2) is 0 Å². The van der Waals surface area contributed by atoms with E-state index in [1.54, 1.807) is 0 Å². The highest BCUT2D eigenvalue weighted by atomic mass is 16.6. The first-order valence-electron chi connectivity index (χ1n) is 3.77. The molecule has 1 heteroatoms. The molecule has 2 atom stereocenters. The Labute approximate surface area is 57.4 Å². The van der Waals surface area contributed by atoms with Crippen LogP contribution in [-0.2, 0) is 4.74 Å². The minimum atomic E-state index is 0.594. The lowest BCUT2D eigenvalue weighted by Gasteiger charge is -2.08. The molecule has 1 heterocycles. The molecule has 1 saturated heterocycles. The lowest BCUT2D eigenvalue weighted by atomic mass is 9.98. The van der Waals surface area contributed by atoms with E-state index in [1.165, 1.54) is 12.8 Å². The van der Waals surface area contributed by atoms with E-state index in [0.717, 1.165) is 18.9 Å². The second-order valence-corrected chi connectivity index (χ2v) is 2.75. The predicted molar refractivity (Wildman–Crippen MR) is 38.1 cm³/mol. The van der Waals surface area contributed by atoms with Crippen LogP contribution in [0.3, 0.4) is 0 Å². The van der Waals surface area contributed by atoms with Crippen molar-refractivity contribution in [1.82, 2.24) is 0 Å². The Balaban J connectivity index is 2.05. The number of hydrogen-bond donors (Lipinski definition) is 0. The van der Waals surface area contributed by atoms with Crippen LogP contribution in [0.25, 0.3) is 0 Å². The maximum Gasteiger partial charge on any atom is 0.0812 e. The maximum absolute atomic E-state index is 5.11. The van der Waals surface area contributed by atoms with Crippen molar-refractivity contribution in [3.8, 4) is 0 Å². The van der Waals surface area contributed by atoms with Gasteiger partial charge >= 0.3 is 0 Å². The number of ether oxygens (including phenoxy) is 1. The van der Waals surface area contributed by atoms with Crippen molar-refractivity contribution in [3.05, 3.63) is 6.92 Å². The topological polar surface area (TPSA) is 12.5 Å². The summed E-state index contributed by atoms with van der Waals surface area (Å²) in [6, 6.07) is 0. The van der Waals surface area contributed by atoms with Crippen LogP contribution in [0.2, 0.25) is 0 Å². The molecule has 0 bridgehead atoms. The van der Waals surface area contributed by atoms with Crippen molar-refractivity contribution >= 4 is 0 Å². The molecule has 0 N–H and O–H groups in total. The molecule has 53 valence electrons. The molecule has 1 rings (SSSR count). The second kappa shape index (κ2) is 3.21. The summed E-state index contributed by atoms with van der Waals surface area (Å²) in [6.45, 7) is 7.10. The van der Waals surface area contributed by atoms with E-state index in [4.69, 9.17) is 4.74 Å².